The Labute approximate surface area is 259 Å². The number of rotatable bonds is 0. The maximum atomic E-state index is 13.6. The number of nitrogens with zero attached hydrogens (tertiary/aromatic N) is 1. The van der Waals surface area contributed by atoms with E-state index < -0.39 is 32.7 Å². The minimum atomic E-state index is -3.92. The van der Waals surface area contributed by atoms with Crippen LogP contribution in [0.1, 0.15) is 79.8 Å². The van der Waals surface area contributed by atoms with Crippen molar-refractivity contribution >= 4 is 33.2 Å². The van der Waals surface area contributed by atoms with Gasteiger partial charge >= 0.3 is 0 Å². The second-order valence-electron chi connectivity index (χ2n) is 13.9. The largest absolute Gasteiger partial charge is 0.490 e. The highest BCUT2D eigenvalue weighted by molar-refractivity contribution is 7.90. The van der Waals surface area contributed by atoms with Crippen molar-refractivity contribution in [3.8, 4) is 5.75 Å². The number of aliphatic hydroxyl groups is 1. The third-order valence-corrected chi connectivity index (χ3v) is 13.4. The van der Waals surface area contributed by atoms with E-state index in [1.807, 2.05) is 31.2 Å². The number of aryl methyl sites for hydroxylation is 1. The minimum absolute atomic E-state index is 0.132. The normalized spacial score (nSPS) is 35.8. The summed E-state index contributed by atoms with van der Waals surface area (Å²) in [5, 5.41) is 11.3. The van der Waals surface area contributed by atoms with Gasteiger partial charge in [-0.15, -0.1) is 0 Å². The quantitative estimate of drug-likeness (QED) is 0.361. The summed E-state index contributed by atoms with van der Waals surface area (Å²) in [6.07, 6.45) is 10.9. The third-order valence-electron chi connectivity index (χ3n) is 11.2. The number of hydrogen-bond donors (Lipinski definition) is 2. The Morgan fingerprint density at radius 2 is 1.95 bits per heavy atom. The van der Waals surface area contributed by atoms with E-state index in [1.54, 1.807) is 12.1 Å². The minimum Gasteiger partial charge on any atom is -0.490 e. The summed E-state index contributed by atoms with van der Waals surface area (Å²) < 4.78 is 36.2. The zero-order valence-corrected chi connectivity index (χ0v) is 26.3. The van der Waals surface area contributed by atoms with Gasteiger partial charge in [0.05, 0.1) is 23.6 Å². The summed E-state index contributed by atoms with van der Waals surface area (Å²) in [6.45, 7) is 3.92. The third kappa shape index (κ3) is 5.17. The molecular formula is C34H41ClN2O5S. The first-order valence-corrected chi connectivity index (χ1v) is 17.7. The van der Waals surface area contributed by atoms with Crippen molar-refractivity contribution in [3.63, 3.8) is 0 Å². The average molecular weight is 625 g/mol. The monoisotopic (exact) mass is 624 g/mol. The molecule has 2 heterocycles. The molecule has 1 amide bonds. The molecule has 2 aliphatic heterocycles. The van der Waals surface area contributed by atoms with Crippen molar-refractivity contribution in [3.05, 3.63) is 70.3 Å². The van der Waals surface area contributed by atoms with E-state index in [0.29, 0.717) is 37.3 Å². The lowest BCUT2D eigenvalue weighted by Gasteiger charge is -2.45. The summed E-state index contributed by atoms with van der Waals surface area (Å²) in [6, 6.07) is 11.5. The van der Waals surface area contributed by atoms with Crippen LogP contribution in [0.4, 0.5) is 5.69 Å². The van der Waals surface area contributed by atoms with Gasteiger partial charge in [-0.3, -0.25) is 4.79 Å². The molecule has 2 N–H and O–H groups in total. The van der Waals surface area contributed by atoms with Gasteiger partial charge in [0.1, 0.15) is 5.75 Å². The Morgan fingerprint density at radius 1 is 1.09 bits per heavy atom. The van der Waals surface area contributed by atoms with Crippen LogP contribution in [-0.4, -0.2) is 50.5 Å². The van der Waals surface area contributed by atoms with Crippen LogP contribution in [0.3, 0.4) is 0 Å². The standard InChI is InChI=1S/C34H41ClN2O5S/c1-33-14-3-6-29(38)26-11-8-24(26)19-37-20-34(16-2-5-22-17-25(35)10-12-27(22)34)21-42-30-13-9-23(18-28(30)37)32(39)36-43(40,41)31(33)7-4-15-33/h3,6,9-10,12-13,17-18,24,26,29,31,38H,2,4-5,7-8,11,14-16,19-21H2,1H3,(H,36,39)/b6-3-/t24-,26+,29-,31-,33+,34-/m0/s1. The molecular weight excluding hydrogens is 584 g/mol. The number of nitrogens with one attached hydrogen (secondary N) is 1. The number of allylic oxidation sites excluding steroid dienone is 1. The number of carbonyl (C=O) groups is 1. The van der Waals surface area contributed by atoms with Gasteiger partial charge in [0.25, 0.3) is 5.91 Å². The number of amides is 1. The lowest BCUT2D eigenvalue weighted by molar-refractivity contribution is 0.0455. The van der Waals surface area contributed by atoms with Crippen molar-refractivity contribution in [2.45, 2.75) is 81.5 Å². The van der Waals surface area contributed by atoms with Gasteiger partial charge in [0, 0.05) is 29.1 Å². The van der Waals surface area contributed by atoms with Gasteiger partial charge in [-0.05, 0) is 110 Å². The smallest absolute Gasteiger partial charge is 0.264 e. The van der Waals surface area contributed by atoms with Gasteiger partial charge in [0.2, 0.25) is 10.0 Å². The van der Waals surface area contributed by atoms with E-state index in [9.17, 15) is 18.3 Å². The molecule has 2 aromatic rings. The molecule has 6 atom stereocenters. The molecule has 0 radical (unpaired) electrons. The number of ether oxygens (including phenoxy) is 1. The Bertz CT molecular complexity index is 1580. The van der Waals surface area contributed by atoms with Crippen LogP contribution in [0, 0.1) is 17.3 Å². The van der Waals surface area contributed by atoms with Gasteiger partial charge in [-0.2, -0.15) is 0 Å². The van der Waals surface area contributed by atoms with E-state index in [-0.39, 0.29) is 17.3 Å². The van der Waals surface area contributed by atoms with Crippen LogP contribution >= 0.6 is 11.6 Å². The molecule has 2 aromatic carbocycles. The fourth-order valence-electron chi connectivity index (χ4n) is 8.65. The average Bonchev–Trinajstić information content (AvgIpc) is 3.27. The first kappa shape index (κ1) is 29.2. The van der Waals surface area contributed by atoms with Crippen molar-refractivity contribution < 1.29 is 23.1 Å². The van der Waals surface area contributed by atoms with Crippen LogP contribution in [0.25, 0.3) is 0 Å². The number of benzene rings is 2. The predicted octanol–water partition coefficient (Wildman–Crippen LogP) is 5.78. The van der Waals surface area contributed by atoms with Crippen molar-refractivity contribution in [1.82, 2.24) is 4.72 Å². The summed E-state index contributed by atoms with van der Waals surface area (Å²) in [5.74, 6) is 0.510. The number of fused-ring (bicyclic) bond motifs is 5. The van der Waals surface area contributed by atoms with Crippen LogP contribution < -0.4 is 14.4 Å². The summed E-state index contributed by atoms with van der Waals surface area (Å²) in [5.41, 5.74) is 2.88. The van der Waals surface area contributed by atoms with E-state index in [1.165, 1.54) is 11.1 Å². The molecule has 0 saturated heterocycles. The number of carbonyl (C=O) groups excluding carboxylic acids is 1. The zero-order chi connectivity index (χ0) is 30.0. The summed E-state index contributed by atoms with van der Waals surface area (Å²) in [7, 11) is -3.92. The Kier molecular flexibility index (Phi) is 7.34. The SMILES string of the molecule is C[C@]12C/C=C\[C@H](O)[C@@H]3CC[C@H]3CN3C[C@@]4(CCCc5cc(Cl)ccc54)COc4ccc(cc43)C(=O)NS(=O)(=O)[C@H]1CCC2. The highest BCUT2D eigenvalue weighted by atomic mass is 35.5. The van der Waals surface area contributed by atoms with Crippen LogP contribution in [0.2, 0.25) is 5.02 Å². The van der Waals surface area contributed by atoms with Crippen LogP contribution in [0.5, 0.6) is 5.75 Å². The topological polar surface area (TPSA) is 95.9 Å². The summed E-state index contributed by atoms with van der Waals surface area (Å²) in [4.78, 5) is 15.9. The van der Waals surface area contributed by atoms with Crippen LogP contribution in [-0.2, 0) is 21.9 Å². The molecule has 2 saturated carbocycles. The molecule has 2 bridgehead atoms. The lowest BCUT2D eigenvalue weighted by atomic mass is 9.68. The first-order chi connectivity index (χ1) is 20.6. The molecule has 0 unspecified atom stereocenters. The molecule has 0 aromatic heterocycles. The molecule has 1 spiro atoms. The fraction of sp³-hybridized carbons (Fsp3) is 0.559. The van der Waals surface area contributed by atoms with Gasteiger partial charge in [0.15, 0.2) is 0 Å². The molecule has 9 heteroatoms. The second kappa shape index (κ2) is 10.8. The van der Waals surface area contributed by atoms with E-state index >= 15 is 0 Å². The maximum absolute atomic E-state index is 13.6. The first-order valence-electron chi connectivity index (χ1n) is 15.8. The van der Waals surface area contributed by atoms with Crippen molar-refractivity contribution in [2.75, 3.05) is 24.6 Å². The van der Waals surface area contributed by atoms with Crippen LogP contribution in [0.15, 0.2) is 48.6 Å². The lowest BCUT2D eigenvalue weighted by Crippen LogP contribution is -2.49. The van der Waals surface area contributed by atoms with E-state index in [0.717, 1.165) is 62.2 Å². The zero-order valence-electron chi connectivity index (χ0n) is 24.7. The number of hydrogen-bond acceptors (Lipinski definition) is 6. The number of sulfonamides is 1. The molecule has 3 aliphatic carbocycles. The van der Waals surface area contributed by atoms with Crippen molar-refractivity contribution in [2.24, 2.45) is 17.3 Å². The highest BCUT2D eigenvalue weighted by Crippen LogP contribution is 2.48. The molecule has 43 heavy (non-hydrogen) atoms. The molecule has 2 fully saturated rings. The molecule has 230 valence electrons. The number of anilines is 1. The highest BCUT2D eigenvalue weighted by Gasteiger charge is 2.47. The number of aliphatic hydroxyl groups excluding tert-OH is 1. The Morgan fingerprint density at radius 3 is 2.77 bits per heavy atom. The van der Waals surface area contributed by atoms with E-state index in [4.69, 9.17) is 16.3 Å². The summed E-state index contributed by atoms with van der Waals surface area (Å²) >= 11 is 6.40. The van der Waals surface area contributed by atoms with Gasteiger partial charge in [-0.1, -0.05) is 43.2 Å². The molecule has 7 rings (SSSR count). The Balaban J connectivity index is 1.30. The molecule has 5 aliphatic rings. The van der Waals surface area contributed by atoms with Gasteiger partial charge in [-0.25, -0.2) is 13.1 Å². The predicted molar refractivity (Wildman–Crippen MR) is 168 cm³/mol. The Hall–Kier alpha value is -2.55. The van der Waals surface area contributed by atoms with Gasteiger partial charge < -0.3 is 14.7 Å². The number of halogens is 1. The fourth-order valence-corrected chi connectivity index (χ4v) is 10.8. The maximum Gasteiger partial charge on any atom is 0.264 e. The van der Waals surface area contributed by atoms with Crippen molar-refractivity contribution in [1.29, 1.82) is 0 Å². The van der Waals surface area contributed by atoms with E-state index in [2.05, 4.69) is 21.8 Å². The molecule has 7 nitrogen and oxygen atoms in total. The second-order valence-corrected chi connectivity index (χ2v) is 16.2.